The molecule has 0 radical (unpaired) electrons. The van der Waals surface area contributed by atoms with E-state index in [1.807, 2.05) is 0 Å². The number of hydrogen-bond donors (Lipinski definition) is 1. The van der Waals surface area contributed by atoms with E-state index < -0.39 is 13.9 Å². The first kappa shape index (κ1) is 18.5. The van der Waals surface area contributed by atoms with Crippen molar-refractivity contribution >= 4 is 14.3 Å². The molecular formula is C20H32N2O2Si. The molecule has 2 N–H and O–H groups in total. The number of nitrogens with zero attached hydrogens (tertiary/aromatic N) is 1. The van der Waals surface area contributed by atoms with Crippen LogP contribution in [0.1, 0.15) is 38.8 Å². The van der Waals surface area contributed by atoms with Gasteiger partial charge in [-0.25, -0.2) is 4.99 Å². The molecule has 0 saturated carbocycles. The van der Waals surface area contributed by atoms with E-state index in [1.54, 1.807) is 0 Å². The SMILES string of the molecule is CC1Cc2ccccc2C2(COC(N)=N2)C1CO[Si](C)(C)C(C)(C)C. The highest BCUT2D eigenvalue weighted by Crippen LogP contribution is 2.48. The van der Waals surface area contributed by atoms with Gasteiger partial charge >= 0.3 is 0 Å². The fourth-order valence-corrected chi connectivity index (χ4v) is 4.90. The van der Waals surface area contributed by atoms with Crippen LogP contribution in [0.15, 0.2) is 29.3 Å². The summed E-state index contributed by atoms with van der Waals surface area (Å²) in [7, 11) is -1.82. The number of aliphatic imine (C=N–C) groups is 1. The van der Waals surface area contributed by atoms with Crippen LogP contribution in [0, 0.1) is 11.8 Å². The molecular weight excluding hydrogens is 328 g/mol. The number of ether oxygens (including phenoxy) is 1. The van der Waals surface area contributed by atoms with Gasteiger partial charge in [-0.05, 0) is 41.6 Å². The van der Waals surface area contributed by atoms with Crippen LogP contribution in [-0.2, 0) is 21.1 Å². The summed E-state index contributed by atoms with van der Waals surface area (Å²) in [6.45, 7) is 15.0. The fraction of sp³-hybridized carbons (Fsp3) is 0.650. The molecule has 2 aliphatic rings. The van der Waals surface area contributed by atoms with Crippen molar-refractivity contribution in [1.29, 1.82) is 0 Å². The van der Waals surface area contributed by atoms with Gasteiger partial charge in [-0.2, -0.15) is 0 Å². The lowest BCUT2D eigenvalue weighted by atomic mass is 9.65. The second-order valence-electron chi connectivity index (χ2n) is 9.18. The maximum Gasteiger partial charge on any atom is 0.283 e. The van der Waals surface area contributed by atoms with Crippen molar-refractivity contribution in [3.8, 4) is 0 Å². The minimum atomic E-state index is -1.82. The summed E-state index contributed by atoms with van der Waals surface area (Å²) in [5.74, 6) is 0.746. The lowest BCUT2D eigenvalue weighted by molar-refractivity contribution is 0.0772. The number of rotatable bonds is 3. The van der Waals surface area contributed by atoms with Crippen molar-refractivity contribution in [2.24, 2.45) is 22.6 Å². The highest BCUT2D eigenvalue weighted by atomic mass is 28.4. The molecule has 1 aromatic carbocycles. The normalized spacial score (nSPS) is 29.3. The van der Waals surface area contributed by atoms with Crippen molar-refractivity contribution in [3.05, 3.63) is 35.4 Å². The average Bonchev–Trinajstić information content (AvgIpc) is 2.88. The van der Waals surface area contributed by atoms with Gasteiger partial charge in [0, 0.05) is 12.5 Å². The number of hydrogen-bond acceptors (Lipinski definition) is 4. The first-order chi connectivity index (χ1) is 11.6. The third-order valence-electron chi connectivity index (χ3n) is 6.51. The molecule has 1 aliphatic carbocycles. The smallest absolute Gasteiger partial charge is 0.283 e. The van der Waals surface area contributed by atoms with Crippen LogP contribution >= 0.6 is 0 Å². The summed E-state index contributed by atoms with van der Waals surface area (Å²) in [5, 5.41) is 0.199. The van der Waals surface area contributed by atoms with Crippen molar-refractivity contribution < 1.29 is 9.16 Å². The van der Waals surface area contributed by atoms with Crippen LogP contribution in [-0.4, -0.2) is 27.6 Å². The lowest BCUT2D eigenvalue weighted by Gasteiger charge is -2.45. The zero-order valence-electron chi connectivity index (χ0n) is 16.4. The third kappa shape index (κ3) is 3.12. The van der Waals surface area contributed by atoms with Crippen molar-refractivity contribution in [3.63, 3.8) is 0 Å². The van der Waals surface area contributed by atoms with Crippen LogP contribution in [0.25, 0.3) is 0 Å². The second kappa shape index (κ2) is 6.13. The van der Waals surface area contributed by atoms with Gasteiger partial charge in [0.05, 0.1) is 0 Å². The molecule has 1 aromatic rings. The van der Waals surface area contributed by atoms with Crippen LogP contribution in [0.3, 0.4) is 0 Å². The molecule has 0 bridgehead atoms. The molecule has 3 rings (SSSR count). The molecule has 3 atom stereocenters. The Labute approximate surface area is 152 Å². The van der Waals surface area contributed by atoms with Gasteiger partial charge in [0.25, 0.3) is 6.02 Å². The van der Waals surface area contributed by atoms with Crippen LogP contribution in [0.5, 0.6) is 0 Å². The van der Waals surface area contributed by atoms with Crippen molar-refractivity contribution in [1.82, 2.24) is 0 Å². The maximum absolute atomic E-state index is 6.61. The molecule has 1 heterocycles. The van der Waals surface area contributed by atoms with Crippen LogP contribution < -0.4 is 5.73 Å². The Morgan fingerprint density at radius 3 is 2.60 bits per heavy atom. The molecule has 0 amide bonds. The van der Waals surface area contributed by atoms with E-state index in [0.717, 1.165) is 6.42 Å². The summed E-state index contributed by atoms with van der Waals surface area (Å²) in [6, 6.07) is 8.90. The summed E-state index contributed by atoms with van der Waals surface area (Å²) < 4.78 is 12.3. The minimum Gasteiger partial charge on any atom is -0.462 e. The number of benzene rings is 1. The van der Waals surface area contributed by atoms with Gasteiger partial charge in [-0.1, -0.05) is 52.0 Å². The molecule has 0 saturated heterocycles. The largest absolute Gasteiger partial charge is 0.462 e. The van der Waals surface area contributed by atoms with E-state index in [0.29, 0.717) is 25.2 Å². The monoisotopic (exact) mass is 360 g/mol. The maximum atomic E-state index is 6.61. The van der Waals surface area contributed by atoms with E-state index in [-0.39, 0.29) is 11.0 Å². The zero-order valence-corrected chi connectivity index (χ0v) is 17.4. The van der Waals surface area contributed by atoms with Crippen molar-refractivity contribution in [2.75, 3.05) is 13.2 Å². The molecule has 0 fully saturated rings. The van der Waals surface area contributed by atoms with E-state index in [4.69, 9.17) is 19.9 Å². The Morgan fingerprint density at radius 1 is 1.32 bits per heavy atom. The number of amidine groups is 1. The van der Waals surface area contributed by atoms with Gasteiger partial charge < -0.3 is 14.9 Å². The lowest BCUT2D eigenvalue weighted by Crippen LogP contribution is -2.49. The summed E-state index contributed by atoms with van der Waals surface area (Å²) >= 11 is 0. The zero-order chi connectivity index (χ0) is 18.5. The Balaban J connectivity index is 1.95. The molecule has 138 valence electrons. The summed E-state index contributed by atoms with van der Waals surface area (Å²) in [6.07, 6.45) is 1.05. The van der Waals surface area contributed by atoms with Crippen LogP contribution in [0.4, 0.5) is 0 Å². The molecule has 1 spiro atoms. The molecule has 5 heteroatoms. The summed E-state index contributed by atoms with van der Waals surface area (Å²) in [4.78, 5) is 4.82. The fourth-order valence-electron chi connectivity index (χ4n) is 3.87. The summed E-state index contributed by atoms with van der Waals surface area (Å²) in [5.41, 5.74) is 8.17. The molecule has 4 nitrogen and oxygen atoms in total. The molecule has 1 aliphatic heterocycles. The highest BCUT2D eigenvalue weighted by molar-refractivity contribution is 6.74. The predicted molar refractivity (Wildman–Crippen MR) is 105 cm³/mol. The van der Waals surface area contributed by atoms with Gasteiger partial charge in [0.1, 0.15) is 12.1 Å². The Hall–Kier alpha value is -1.33. The first-order valence-electron chi connectivity index (χ1n) is 9.27. The standard InChI is InChI=1S/C20H32N2O2Si/c1-14-11-15-9-7-8-10-16(15)20(13-23-18(21)22-20)17(14)12-24-25(5,6)19(2,3)4/h7-10,14,17H,11-13H2,1-6H3,(H2,21,22). The number of fused-ring (bicyclic) bond motifs is 2. The highest BCUT2D eigenvalue weighted by Gasteiger charge is 2.52. The van der Waals surface area contributed by atoms with Crippen molar-refractivity contribution in [2.45, 2.75) is 57.8 Å². The Morgan fingerprint density at radius 2 is 2.00 bits per heavy atom. The van der Waals surface area contributed by atoms with E-state index in [9.17, 15) is 0 Å². The first-order valence-corrected chi connectivity index (χ1v) is 12.2. The predicted octanol–water partition coefficient (Wildman–Crippen LogP) is 4.06. The molecule has 25 heavy (non-hydrogen) atoms. The average molecular weight is 361 g/mol. The van der Waals surface area contributed by atoms with E-state index in [1.165, 1.54) is 11.1 Å². The van der Waals surface area contributed by atoms with Gasteiger partial charge in [0.15, 0.2) is 8.32 Å². The second-order valence-corrected chi connectivity index (χ2v) is 14.0. The third-order valence-corrected chi connectivity index (χ3v) is 11.0. The van der Waals surface area contributed by atoms with E-state index in [2.05, 4.69) is 65.1 Å². The number of nitrogens with two attached hydrogens (primary N) is 1. The Kier molecular flexibility index (Phi) is 4.53. The Bertz CT molecular complexity index is 681. The van der Waals surface area contributed by atoms with E-state index >= 15 is 0 Å². The molecule has 0 aromatic heterocycles. The van der Waals surface area contributed by atoms with Gasteiger partial charge in [0.2, 0.25) is 0 Å². The minimum absolute atomic E-state index is 0.199. The van der Waals surface area contributed by atoms with Gasteiger partial charge in [-0.15, -0.1) is 0 Å². The van der Waals surface area contributed by atoms with Gasteiger partial charge in [-0.3, -0.25) is 0 Å². The van der Waals surface area contributed by atoms with Crippen LogP contribution in [0.2, 0.25) is 18.1 Å². The quantitative estimate of drug-likeness (QED) is 0.827. The topological polar surface area (TPSA) is 56.8 Å². The molecule has 3 unspecified atom stereocenters.